The second-order valence-electron chi connectivity index (χ2n) is 11.6. The van der Waals surface area contributed by atoms with Crippen molar-refractivity contribution in [2.75, 3.05) is 7.05 Å². The number of likely N-dealkylation sites (N-methyl/N-ethyl adjacent to an activating group) is 1. The van der Waals surface area contributed by atoms with Gasteiger partial charge in [-0.3, -0.25) is 14.3 Å². The van der Waals surface area contributed by atoms with Crippen molar-refractivity contribution >= 4 is 56.3 Å². The van der Waals surface area contributed by atoms with Crippen molar-refractivity contribution in [2.45, 2.75) is 87.6 Å². The predicted molar refractivity (Wildman–Crippen MR) is 172 cm³/mol. The van der Waals surface area contributed by atoms with E-state index in [0.717, 1.165) is 68.4 Å². The zero-order chi connectivity index (χ0) is 30.7. The minimum atomic E-state index is -1.96. The lowest BCUT2D eigenvalue weighted by molar-refractivity contribution is -0.132. The maximum atomic E-state index is 13.4. The van der Waals surface area contributed by atoms with E-state index in [1.54, 1.807) is 18.2 Å². The van der Waals surface area contributed by atoms with Crippen LogP contribution in [0.2, 0.25) is 11.1 Å². The highest BCUT2D eigenvalue weighted by Gasteiger charge is 2.48. The molecule has 0 aromatic heterocycles. The number of hydrogen-bond donors (Lipinski definition) is 2. The summed E-state index contributed by atoms with van der Waals surface area (Å²) in [5.74, 6) is 0.879. The molecule has 231 valence electrons. The smallest absolute Gasteiger partial charge is 0.417 e. The second-order valence-corrected chi connectivity index (χ2v) is 15.1. The average molecular weight is 643 g/mol. The Balaban J connectivity index is 1.28. The number of rotatable bonds is 15. The lowest BCUT2D eigenvalue weighted by atomic mass is 9.86. The molecule has 43 heavy (non-hydrogen) atoms. The van der Waals surface area contributed by atoms with E-state index in [1.165, 1.54) is 12.0 Å². The van der Waals surface area contributed by atoms with Crippen LogP contribution in [-0.2, 0) is 32.1 Å². The number of amides is 3. The topological polar surface area (TPSA) is 105 Å². The van der Waals surface area contributed by atoms with Gasteiger partial charge in [0.25, 0.3) is 0 Å². The Bertz CT molecular complexity index is 1240. The molecule has 0 unspecified atom stereocenters. The summed E-state index contributed by atoms with van der Waals surface area (Å²) in [6, 6.07) is 17.5. The quantitative estimate of drug-likeness (QED) is 0.139. The summed E-state index contributed by atoms with van der Waals surface area (Å²) in [4.78, 5) is 55.7. The zero-order valence-corrected chi connectivity index (χ0v) is 27.3. The predicted octanol–water partition coefficient (Wildman–Crippen LogP) is 6.06. The number of benzene rings is 2. The van der Waals surface area contributed by atoms with E-state index >= 15 is 0 Å². The number of nitrogens with zero attached hydrogens (tertiary/aromatic N) is 1. The van der Waals surface area contributed by atoms with Gasteiger partial charge in [0.15, 0.2) is 0 Å². The van der Waals surface area contributed by atoms with E-state index in [0.29, 0.717) is 23.4 Å². The number of carbonyl (C=O) groups excluding carboxylic acids is 4. The first-order chi connectivity index (χ1) is 20.8. The summed E-state index contributed by atoms with van der Waals surface area (Å²) in [6.45, 7) is 0.0554. The Morgan fingerprint density at radius 2 is 1.81 bits per heavy atom. The molecule has 8 nitrogen and oxygen atoms in total. The van der Waals surface area contributed by atoms with Gasteiger partial charge in [-0.1, -0.05) is 86.2 Å². The van der Waals surface area contributed by atoms with Crippen LogP contribution in [0.3, 0.4) is 0 Å². The molecule has 2 aliphatic rings. The molecule has 11 heteroatoms. The standard InChI is InChI=1S/C32H41ClN3O5SSi/c1-36(32(16-17-32)21-25-11-6-3-7-12-25)29(38)15-18-43(23-37)35-30(39)28(20-24-9-4-2-5-10-24)42-34-31(40)41-22-26-13-8-14-27(33)19-26/h3,6-8,11-14,19,23-24,28H,2,4-5,9-10,15-18,20-22H2,1H3,(H,34,40)(H,35,39)/t28-/m0/s1. The van der Waals surface area contributed by atoms with Crippen molar-refractivity contribution in [1.29, 1.82) is 0 Å². The van der Waals surface area contributed by atoms with Crippen LogP contribution < -0.4 is 9.70 Å². The molecular formula is C32H41ClN3O5SSi. The van der Waals surface area contributed by atoms with Crippen LogP contribution in [0.25, 0.3) is 0 Å². The molecule has 0 heterocycles. The van der Waals surface area contributed by atoms with Gasteiger partial charge in [-0.05, 0) is 72.9 Å². The molecule has 4 rings (SSSR count). The Labute approximate surface area is 265 Å². The van der Waals surface area contributed by atoms with Crippen LogP contribution in [-0.4, -0.2) is 55.5 Å². The van der Waals surface area contributed by atoms with Crippen LogP contribution in [0.15, 0.2) is 54.6 Å². The molecule has 2 aromatic carbocycles. The van der Waals surface area contributed by atoms with Gasteiger partial charge < -0.3 is 19.4 Å². The monoisotopic (exact) mass is 642 g/mol. The fourth-order valence-corrected chi connectivity index (χ4v) is 8.10. The van der Waals surface area contributed by atoms with Gasteiger partial charge in [0.05, 0.1) is 0 Å². The third-order valence-corrected chi connectivity index (χ3v) is 11.3. The fourth-order valence-electron chi connectivity index (χ4n) is 5.67. The van der Waals surface area contributed by atoms with E-state index in [4.69, 9.17) is 16.3 Å². The summed E-state index contributed by atoms with van der Waals surface area (Å²) in [6.07, 6.45) is 8.42. The van der Waals surface area contributed by atoms with E-state index in [9.17, 15) is 19.2 Å². The summed E-state index contributed by atoms with van der Waals surface area (Å²) in [5, 5.41) is -0.0128. The van der Waals surface area contributed by atoms with Gasteiger partial charge in [-0.15, -0.1) is 0 Å². The van der Waals surface area contributed by atoms with Gasteiger partial charge in [0, 0.05) is 24.0 Å². The first kappa shape index (κ1) is 33.1. The third kappa shape index (κ3) is 10.4. The minimum absolute atomic E-state index is 0.00993. The third-order valence-electron chi connectivity index (χ3n) is 8.43. The van der Waals surface area contributed by atoms with Gasteiger partial charge in [-0.2, -0.15) is 0 Å². The molecule has 2 N–H and O–H groups in total. The molecule has 2 aliphatic carbocycles. The fraction of sp³-hybridized carbons (Fsp3) is 0.500. The lowest BCUT2D eigenvalue weighted by Gasteiger charge is -2.29. The SMILES string of the molecule is CN(C(=O)CC[Si](C=O)NC(=O)[C@H](CC1CCCCC1)SNC(=O)OCc1cccc(Cl)c1)C1(Cc2ccccc2)CC1. The summed E-state index contributed by atoms with van der Waals surface area (Å²) in [5.41, 5.74) is 1.80. The van der Waals surface area contributed by atoms with Gasteiger partial charge in [0.2, 0.25) is 20.8 Å². The first-order valence-corrected chi connectivity index (χ1v) is 18.1. The molecule has 2 aromatic rings. The Morgan fingerprint density at radius 3 is 2.49 bits per heavy atom. The van der Waals surface area contributed by atoms with Crippen LogP contribution in [0.5, 0.6) is 0 Å². The molecule has 0 bridgehead atoms. The molecule has 2 saturated carbocycles. The van der Waals surface area contributed by atoms with Gasteiger partial charge in [0.1, 0.15) is 17.8 Å². The van der Waals surface area contributed by atoms with E-state index in [1.807, 2.05) is 36.2 Å². The van der Waals surface area contributed by atoms with Crippen molar-refractivity contribution in [2.24, 2.45) is 5.92 Å². The molecular weight excluding hydrogens is 602 g/mol. The molecule has 1 atom stereocenters. The minimum Gasteiger partial charge on any atom is -0.444 e. The second kappa shape index (κ2) is 16.3. The van der Waals surface area contributed by atoms with Crippen LogP contribution in [0.4, 0.5) is 4.79 Å². The summed E-state index contributed by atoms with van der Waals surface area (Å²) >= 11 is 7.03. The highest BCUT2D eigenvalue weighted by atomic mass is 35.5. The van der Waals surface area contributed by atoms with Crippen molar-refractivity contribution < 1.29 is 23.9 Å². The summed E-state index contributed by atoms with van der Waals surface area (Å²) < 4.78 is 7.97. The number of ether oxygens (including phenoxy) is 1. The maximum absolute atomic E-state index is 13.4. The Kier molecular flexibility index (Phi) is 12.5. The molecule has 2 fully saturated rings. The molecule has 0 saturated heterocycles. The molecule has 1 radical (unpaired) electrons. The highest BCUT2D eigenvalue weighted by molar-refractivity contribution is 7.99. The van der Waals surface area contributed by atoms with Gasteiger partial charge >= 0.3 is 6.09 Å². The molecule has 3 amide bonds. The number of carbonyl (C=O) groups is 4. The number of hydrogen-bond acceptors (Lipinski definition) is 6. The van der Waals surface area contributed by atoms with Gasteiger partial charge in [-0.25, -0.2) is 4.79 Å². The van der Waals surface area contributed by atoms with Crippen LogP contribution >= 0.6 is 23.5 Å². The molecule has 0 spiro atoms. The number of nitrogens with one attached hydrogen (secondary N) is 2. The van der Waals surface area contributed by atoms with E-state index < -0.39 is 20.3 Å². The molecule has 0 aliphatic heterocycles. The Morgan fingerprint density at radius 1 is 1.09 bits per heavy atom. The first-order valence-electron chi connectivity index (χ1n) is 15.0. The largest absolute Gasteiger partial charge is 0.444 e. The van der Waals surface area contributed by atoms with E-state index in [-0.39, 0.29) is 30.4 Å². The average Bonchev–Trinajstić information content (AvgIpc) is 3.80. The zero-order valence-electron chi connectivity index (χ0n) is 24.7. The van der Waals surface area contributed by atoms with Crippen molar-refractivity contribution in [3.8, 4) is 0 Å². The van der Waals surface area contributed by atoms with Crippen LogP contribution in [0, 0.1) is 5.92 Å². The van der Waals surface area contributed by atoms with Crippen LogP contribution in [0.1, 0.15) is 68.9 Å². The maximum Gasteiger partial charge on any atom is 0.417 e. The van der Waals surface area contributed by atoms with Crippen molar-refractivity contribution in [3.05, 3.63) is 70.7 Å². The van der Waals surface area contributed by atoms with E-state index in [2.05, 4.69) is 21.8 Å². The Hall–Kier alpha value is -2.82. The summed E-state index contributed by atoms with van der Waals surface area (Å²) in [7, 11) is -0.118. The lowest BCUT2D eigenvalue weighted by Crippen LogP contribution is -2.47. The van der Waals surface area contributed by atoms with Crippen molar-refractivity contribution in [3.63, 3.8) is 0 Å². The normalized spacial score (nSPS) is 16.6. The number of halogens is 1. The van der Waals surface area contributed by atoms with Crippen molar-refractivity contribution in [1.82, 2.24) is 14.6 Å². The highest BCUT2D eigenvalue weighted by Crippen LogP contribution is 2.44.